The summed E-state index contributed by atoms with van der Waals surface area (Å²) in [6.07, 6.45) is 2.05. The van der Waals surface area contributed by atoms with Crippen molar-refractivity contribution in [3.8, 4) is 0 Å². The number of carbonyl (C=O) groups excluding carboxylic acids is 1. The minimum Gasteiger partial charge on any atom is -0.395 e. The van der Waals surface area contributed by atoms with Crippen molar-refractivity contribution in [3.63, 3.8) is 0 Å². The monoisotopic (exact) mass is 283 g/mol. The Morgan fingerprint density at radius 1 is 1.32 bits per heavy atom. The van der Waals surface area contributed by atoms with E-state index in [0.717, 1.165) is 5.75 Å². The summed E-state index contributed by atoms with van der Waals surface area (Å²) in [5, 5.41) is 9.01. The van der Waals surface area contributed by atoms with Crippen molar-refractivity contribution in [3.05, 3.63) is 35.4 Å². The van der Waals surface area contributed by atoms with Gasteiger partial charge in [-0.05, 0) is 24.0 Å². The van der Waals surface area contributed by atoms with E-state index in [4.69, 9.17) is 9.84 Å². The molecule has 1 amide bonds. The van der Waals surface area contributed by atoms with Gasteiger partial charge in [0.25, 0.3) is 5.91 Å². The standard InChI is InChI=1S/C14H21NO3S/c1-18-10-8-15(7-9-16)14(17)13-5-3-12(4-6-13)11-19-2/h3-6,16H,7-11H2,1-2H3. The van der Waals surface area contributed by atoms with Gasteiger partial charge in [-0.25, -0.2) is 0 Å². The fraction of sp³-hybridized carbons (Fsp3) is 0.500. The summed E-state index contributed by atoms with van der Waals surface area (Å²) >= 11 is 1.75. The van der Waals surface area contributed by atoms with Gasteiger partial charge in [-0.1, -0.05) is 12.1 Å². The van der Waals surface area contributed by atoms with Crippen LogP contribution in [0.15, 0.2) is 24.3 Å². The van der Waals surface area contributed by atoms with Crippen molar-refractivity contribution in [1.29, 1.82) is 0 Å². The molecule has 5 heteroatoms. The van der Waals surface area contributed by atoms with Gasteiger partial charge >= 0.3 is 0 Å². The Bertz CT molecular complexity index is 381. The molecule has 19 heavy (non-hydrogen) atoms. The van der Waals surface area contributed by atoms with Gasteiger partial charge in [-0.2, -0.15) is 11.8 Å². The molecule has 4 nitrogen and oxygen atoms in total. The Hall–Kier alpha value is -1.04. The number of aliphatic hydroxyl groups is 1. The first-order valence-electron chi connectivity index (χ1n) is 6.20. The van der Waals surface area contributed by atoms with Crippen LogP contribution < -0.4 is 0 Å². The molecule has 1 aromatic carbocycles. The topological polar surface area (TPSA) is 49.8 Å². The maximum Gasteiger partial charge on any atom is 0.254 e. The third-order valence-corrected chi connectivity index (χ3v) is 3.36. The van der Waals surface area contributed by atoms with Crippen molar-refractivity contribution >= 4 is 17.7 Å². The van der Waals surface area contributed by atoms with Crippen molar-refractivity contribution in [2.45, 2.75) is 5.75 Å². The summed E-state index contributed by atoms with van der Waals surface area (Å²) in [5.41, 5.74) is 1.85. The molecule has 0 saturated heterocycles. The summed E-state index contributed by atoms with van der Waals surface area (Å²) in [5.74, 6) is 0.875. The Balaban J connectivity index is 2.71. The van der Waals surface area contributed by atoms with Gasteiger partial charge in [0, 0.05) is 31.5 Å². The van der Waals surface area contributed by atoms with E-state index in [-0.39, 0.29) is 12.5 Å². The summed E-state index contributed by atoms with van der Waals surface area (Å²) < 4.78 is 4.98. The van der Waals surface area contributed by atoms with E-state index in [1.165, 1.54) is 5.56 Å². The van der Waals surface area contributed by atoms with Crippen LogP contribution in [0, 0.1) is 0 Å². The zero-order valence-electron chi connectivity index (χ0n) is 11.5. The second kappa shape index (κ2) is 8.96. The molecule has 1 aromatic rings. The zero-order valence-corrected chi connectivity index (χ0v) is 12.3. The van der Waals surface area contributed by atoms with Gasteiger partial charge in [0.2, 0.25) is 0 Å². The van der Waals surface area contributed by atoms with Crippen LogP contribution in [0.3, 0.4) is 0 Å². The molecule has 0 heterocycles. The lowest BCUT2D eigenvalue weighted by molar-refractivity contribution is 0.0656. The molecule has 0 bridgehead atoms. The maximum atomic E-state index is 12.3. The lowest BCUT2D eigenvalue weighted by atomic mass is 10.1. The highest BCUT2D eigenvalue weighted by Gasteiger charge is 2.14. The average molecular weight is 283 g/mol. The SMILES string of the molecule is COCCN(CCO)C(=O)c1ccc(CSC)cc1. The van der Waals surface area contributed by atoms with E-state index in [1.807, 2.05) is 30.5 Å². The van der Waals surface area contributed by atoms with Gasteiger partial charge in [0.05, 0.1) is 13.2 Å². The van der Waals surface area contributed by atoms with Crippen molar-refractivity contribution in [2.24, 2.45) is 0 Å². The first kappa shape index (κ1) is 16.0. The summed E-state index contributed by atoms with van der Waals surface area (Å²) in [7, 11) is 1.60. The zero-order chi connectivity index (χ0) is 14.1. The normalized spacial score (nSPS) is 10.5. The first-order valence-corrected chi connectivity index (χ1v) is 7.59. The number of thioether (sulfide) groups is 1. The minimum atomic E-state index is -0.0678. The number of carbonyl (C=O) groups is 1. The Morgan fingerprint density at radius 2 is 2.00 bits per heavy atom. The smallest absolute Gasteiger partial charge is 0.254 e. The number of nitrogens with zero attached hydrogens (tertiary/aromatic N) is 1. The molecule has 0 spiro atoms. The largest absolute Gasteiger partial charge is 0.395 e. The van der Waals surface area contributed by atoms with Crippen molar-refractivity contribution < 1.29 is 14.6 Å². The van der Waals surface area contributed by atoms with E-state index < -0.39 is 0 Å². The van der Waals surface area contributed by atoms with Crippen LogP contribution in [0.5, 0.6) is 0 Å². The number of rotatable bonds is 8. The number of hydrogen-bond donors (Lipinski definition) is 1. The van der Waals surface area contributed by atoms with Crippen LogP contribution in [0.2, 0.25) is 0 Å². The van der Waals surface area contributed by atoms with E-state index in [9.17, 15) is 4.79 Å². The summed E-state index contributed by atoms with van der Waals surface area (Å²) in [4.78, 5) is 13.9. The van der Waals surface area contributed by atoms with Crippen LogP contribution in [-0.4, -0.2) is 55.6 Å². The molecule has 0 aromatic heterocycles. The van der Waals surface area contributed by atoms with Gasteiger partial charge in [0.15, 0.2) is 0 Å². The van der Waals surface area contributed by atoms with E-state index in [2.05, 4.69) is 0 Å². The van der Waals surface area contributed by atoms with E-state index in [1.54, 1.807) is 23.8 Å². The number of methoxy groups -OCH3 is 1. The van der Waals surface area contributed by atoms with Gasteiger partial charge < -0.3 is 14.7 Å². The predicted octanol–water partition coefficient (Wildman–Crippen LogP) is 1.63. The van der Waals surface area contributed by atoms with E-state index >= 15 is 0 Å². The minimum absolute atomic E-state index is 0.0417. The molecule has 1 N–H and O–H groups in total. The molecular weight excluding hydrogens is 262 g/mol. The predicted molar refractivity (Wildman–Crippen MR) is 78.5 cm³/mol. The third kappa shape index (κ3) is 5.22. The van der Waals surface area contributed by atoms with Crippen molar-refractivity contribution in [1.82, 2.24) is 4.90 Å². The number of benzene rings is 1. The molecule has 0 fully saturated rings. The quantitative estimate of drug-likeness (QED) is 0.788. The first-order chi connectivity index (χ1) is 9.22. The summed E-state index contributed by atoms with van der Waals surface area (Å²) in [6, 6.07) is 7.62. The molecule has 0 saturated carbocycles. The molecule has 0 aliphatic heterocycles. The second-order valence-electron chi connectivity index (χ2n) is 4.14. The van der Waals surface area contributed by atoms with Crippen LogP contribution in [0.4, 0.5) is 0 Å². The molecule has 0 unspecified atom stereocenters. The number of amides is 1. The highest BCUT2D eigenvalue weighted by Crippen LogP contribution is 2.12. The van der Waals surface area contributed by atoms with Gasteiger partial charge in [-0.15, -0.1) is 0 Å². The lowest BCUT2D eigenvalue weighted by Gasteiger charge is -2.21. The van der Waals surface area contributed by atoms with Crippen LogP contribution in [0.1, 0.15) is 15.9 Å². The highest BCUT2D eigenvalue weighted by molar-refractivity contribution is 7.97. The van der Waals surface area contributed by atoms with E-state index in [0.29, 0.717) is 25.3 Å². The molecule has 0 aliphatic carbocycles. The molecular formula is C14H21NO3S. The molecule has 0 atom stereocenters. The van der Waals surface area contributed by atoms with Crippen molar-refractivity contribution in [2.75, 3.05) is 39.7 Å². The number of aliphatic hydroxyl groups excluding tert-OH is 1. The van der Waals surface area contributed by atoms with Crippen LogP contribution in [0.25, 0.3) is 0 Å². The molecule has 1 rings (SSSR count). The summed E-state index contributed by atoms with van der Waals surface area (Å²) in [6.45, 7) is 1.24. The number of hydrogen-bond acceptors (Lipinski definition) is 4. The Morgan fingerprint density at radius 3 is 2.53 bits per heavy atom. The Kier molecular flexibility index (Phi) is 7.55. The van der Waals surface area contributed by atoms with Gasteiger partial charge in [0.1, 0.15) is 0 Å². The molecule has 106 valence electrons. The lowest BCUT2D eigenvalue weighted by Crippen LogP contribution is -2.36. The second-order valence-corrected chi connectivity index (χ2v) is 5.00. The Labute approximate surface area is 118 Å². The highest BCUT2D eigenvalue weighted by atomic mass is 32.2. The average Bonchev–Trinajstić information content (AvgIpc) is 2.44. The fourth-order valence-corrected chi connectivity index (χ4v) is 2.26. The van der Waals surface area contributed by atoms with Crippen LogP contribution in [-0.2, 0) is 10.5 Å². The molecule has 0 radical (unpaired) electrons. The van der Waals surface area contributed by atoms with Crippen LogP contribution >= 0.6 is 11.8 Å². The third-order valence-electron chi connectivity index (χ3n) is 2.73. The van der Waals surface area contributed by atoms with Gasteiger partial charge in [-0.3, -0.25) is 4.79 Å². The maximum absolute atomic E-state index is 12.3. The fourth-order valence-electron chi connectivity index (χ4n) is 1.73. The molecule has 0 aliphatic rings. The number of ether oxygens (including phenoxy) is 1.